The van der Waals surface area contributed by atoms with E-state index in [1.807, 2.05) is 30.3 Å². The predicted octanol–water partition coefficient (Wildman–Crippen LogP) is 1.90. The van der Waals surface area contributed by atoms with Crippen LogP contribution in [0.25, 0.3) is 0 Å². The Kier molecular flexibility index (Phi) is 7.60. The second-order valence-corrected chi connectivity index (χ2v) is 7.63. The summed E-state index contributed by atoms with van der Waals surface area (Å²) in [7, 11) is -1.10. The molecule has 0 saturated carbocycles. The molecule has 1 atom stereocenters. The first-order chi connectivity index (χ1) is 13.4. The summed E-state index contributed by atoms with van der Waals surface area (Å²) in [5.41, 5.74) is 0.830. The maximum Gasteiger partial charge on any atom is 0.241 e. The van der Waals surface area contributed by atoms with E-state index in [2.05, 4.69) is 16.6 Å². The Labute approximate surface area is 165 Å². The van der Waals surface area contributed by atoms with Crippen molar-refractivity contribution in [3.8, 4) is 11.5 Å². The number of sulfonamides is 1. The van der Waals surface area contributed by atoms with E-state index < -0.39 is 22.0 Å². The smallest absolute Gasteiger partial charge is 0.241 e. The molecular formula is C20H24N2O5S. The molecular weight excluding hydrogens is 380 g/mol. The summed E-state index contributed by atoms with van der Waals surface area (Å²) in [5.74, 6) is 0.250. The Hall–Kier alpha value is -2.84. The van der Waals surface area contributed by atoms with Gasteiger partial charge in [0.2, 0.25) is 15.9 Å². The summed E-state index contributed by atoms with van der Waals surface area (Å²) in [6, 6.07) is 12.4. The molecule has 0 aliphatic carbocycles. The largest absolute Gasteiger partial charge is 0.493 e. The average Bonchev–Trinajstić information content (AvgIpc) is 2.71. The van der Waals surface area contributed by atoms with Crippen molar-refractivity contribution in [3.63, 3.8) is 0 Å². The van der Waals surface area contributed by atoms with Gasteiger partial charge in [-0.1, -0.05) is 36.4 Å². The van der Waals surface area contributed by atoms with Crippen LogP contribution in [0.3, 0.4) is 0 Å². The molecule has 0 aromatic heterocycles. The van der Waals surface area contributed by atoms with Crippen molar-refractivity contribution in [2.45, 2.75) is 17.4 Å². The number of benzene rings is 2. The van der Waals surface area contributed by atoms with Crippen LogP contribution in [0.1, 0.15) is 5.56 Å². The minimum Gasteiger partial charge on any atom is -0.493 e. The van der Waals surface area contributed by atoms with Gasteiger partial charge in [0.05, 0.1) is 19.1 Å². The van der Waals surface area contributed by atoms with E-state index in [1.165, 1.54) is 38.5 Å². The first kappa shape index (κ1) is 21.5. The lowest BCUT2D eigenvalue weighted by molar-refractivity contribution is -0.122. The second-order valence-electron chi connectivity index (χ2n) is 5.91. The van der Waals surface area contributed by atoms with E-state index >= 15 is 0 Å². The standard InChI is InChI=1S/C20H24N2O5S/c1-4-12-21-20(23)17(13-15-8-6-5-7-9-15)22-28(24,25)16-10-11-18(26-2)19(14-16)27-3/h4-11,14,17,22H,1,12-13H2,2-3H3,(H,21,23). The molecule has 0 heterocycles. The number of hydrogen-bond acceptors (Lipinski definition) is 5. The zero-order chi connectivity index (χ0) is 20.6. The summed E-state index contributed by atoms with van der Waals surface area (Å²) >= 11 is 0. The van der Waals surface area contributed by atoms with Crippen molar-refractivity contribution in [2.75, 3.05) is 20.8 Å². The lowest BCUT2D eigenvalue weighted by Gasteiger charge is -2.19. The Morgan fingerprint density at radius 2 is 1.79 bits per heavy atom. The third kappa shape index (κ3) is 5.58. The van der Waals surface area contributed by atoms with E-state index in [0.29, 0.717) is 5.75 Å². The average molecular weight is 404 g/mol. The molecule has 0 fully saturated rings. The van der Waals surface area contributed by atoms with Gasteiger partial charge in [-0.25, -0.2) is 8.42 Å². The van der Waals surface area contributed by atoms with E-state index in [4.69, 9.17) is 9.47 Å². The third-order valence-corrected chi connectivity index (χ3v) is 5.45. The Morgan fingerprint density at radius 3 is 2.39 bits per heavy atom. The summed E-state index contributed by atoms with van der Waals surface area (Å²) in [6.07, 6.45) is 1.73. The molecule has 8 heteroatoms. The van der Waals surface area contributed by atoms with Gasteiger partial charge in [-0.3, -0.25) is 4.79 Å². The fraction of sp³-hybridized carbons (Fsp3) is 0.250. The first-order valence-corrected chi connectivity index (χ1v) is 10.1. The van der Waals surface area contributed by atoms with Crippen LogP contribution in [-0.2, 0) is 21.2 Å². The molecule has 0 spiro atoms. The van der Waals surface area contributed by atoms with E-state index in [0.717, 1.165) is 5.56 Å². The van der Waals surface area contributed by atoms with Crippen molar-refractivity contribution in [1.82, 2.24) is 10.0 Å². The van der Waals surface area contributed by atoms with Crippen LogP contribution in [0, 0.1) is 0 Å². The van der Waals surface area contributed by atoms with Gasteiger partial charge in [0.25, 0.3) is 0 Å². The van der Waals surface area contributed by atoms with Crippen LogP contribution < -0.4 is 19.5 Å². The number of methoxy groups -OCH3 is 2. The van der Waals surface area contributed by atoms with Crippen LogP contribution in [0.5, 0.6) is 11.5 Å². The fourth-order valence-electron chi connectivity index (χ4n) is 2.57. The molecule has 0 bridgehead atoms. The highest BCUT2D eigenvalue weighted by atomic mass is 32.2. The van der Waals surface area contributed by atoms with Crippen molar-refractivity contribution in [3.05, 3.63) is 66.7 Å². The third-order valence-electron chi connectivity index (χ3n) is 3.98. The molecule has 2 aromatic rings. The number of carbonyl (C=O) groups is 1. The normalized spacial score (nSPS) is 12.1. The van der Waals surface area contributed by atoms with Crippen molar-refractivity contribution < 1.29 is 22.7 Å². The first-order valence-electron chi connectivity index (χ1n) is 8.58. The SMILES string of the molecule is C=CCNC(=O)C(Cc1ccccc1)NS(=O)(=O)c1ccc(OC)c(OC)c1. The maximum absolute atomic E-state index is 12.9. The lowest BCUT2D eigenvalue weighted by Crippen LogP contribution is -2.48. The van der Waals surface area contributed by atoms with Crippen LogP contribution in [-0.4, -0.2) is 41.1 Å². The topological polar surface area (TPSA) is 93.7 Å². The van der Waals surface area contributed by atoms with Crippen LogP contribution >= 0.6 is 0 Å². The van der Waals surface area contributed by atoms with Crippen LogP contribution in [0.4, 0.5) is 0 Å². The highest BCUT2D eigenvalue weighted by Crippen LogP contribution is 2.29. The number of carbonyl (C=O) groups excluding carboxylic acids is 1. The molecule has 150 valence electrons. The van der Waals surface area contributed by atoms with E-state index in [1.54, 1.807) is 0 Å². The number of nitrogens with one attached hydrogen (secondary N) is 2. The summed E-state index contributed by atoms with van der Waals surface area (Å²) in [6.45, 7) is 3.79. The highest BCUT2D eigenvalue weighted by Gasteiger charge is 2.26. The van der Waals surface area contributed by atoms with Crippen molar-refractivity contribution >= 4 is 15.9 Å². The molecule has 28 heavy (non-hydrogen) atoms. The minimum absolute atomic E-state index is 0.0280. The highest BCUT2D eigenvalue weighted by molar-refractivity contribution is 7.89. The van der Waals surface area contributed by atoms with Gasteiger partial charge in [0.15, 0.2) is 11.5 Å². The van der Waals surface area contributed by atoms with E-state index in [9.17, 15) is 13.2 Å². The lowest BCUT2D eigenvalue weighted by atomic mass is 10.1. The molecule has 1 unspecified atom stereocenters. The monoisotopic (exact) mass is 404 g/mol. The summed E-state index contributed by atoms with van der Waals surface area (Å²) in [5, 5.41) is 2.64. The Bertz CT molecular complexity index is 913. The maximum atomic E-state index is 12.9. The Balaban J connectivity index is 2.30. The molecule has 0 saturated heterocycles. The number of amides is 1. The van der Waals surface area contributed by atoms with Crippen LogP contribution in [0.15, 0.2) is 66.1 Å². The van der Waals surface area contributed by atoms with Gasteiger partial charge in [0.1, 0.15) is 6.04 Å². The molecule has 0 aliphatic heterocycles. The van der Waals surface area contributed by atoms with Crippen LogP contribution in [0.2, 0.25) is 0 Å². The van der Waals surface area contributed by atoms with Gasteiger partial charge in [0, 0.05) is 12.6 Å². The van der Waals surface area contributed by atoms with Crippen molar-refractivity contribution in [2.24, 2.45) is 0 Å². The zero-order valence-electron chi connectivity index (χ0n) is 15.8. The molecule has 2 rings (SSSR count). The molecule has 1 amide bonds. The Morgan fingerprint density at radius 1 is 1.11 bits per heavy atom. The fourth-order valence-corrected chi connectivity index (χ4v) is 3.78. The second kappa shape index (κ2) is 9.91. The van der Waals surface area contributed by atoms with Gasteiger partial charge in [-0.2, -0.15) is 4.72 Å². The molecule has 2 N–H and O–H groups in total. The molecule has 0 aliphatic rings. The molecule has 0 radical (unpaired) electrons. The van der Waals surface area contributed by atoms with E-state index in [-0.39, 0.29) is 23.6 Å². The van der Waals surface area contributed by atoms with Gasteiger partial charge < -0.3 is 14.8 Å². The van der Waals surface area contributed by atoms with Gasteiger partial charge >= 0.3 is 0 Å². The number of hydrogen-bond donors (Lipinski definition) is 2. The molecule has 7 nitrogen and oxygen atoms in total. The predicted molar refractivity (Wildman–Crippen MR) is 107 cm³/mol. The van der Waals surface area contributed by atoms with Crippen molar-refractivity contribution in [1.29, 1.82) is 0 Å². The van der Waals surface area contributed by atoms with Gasteiger partial charge in [-0.05, 0) is 24.1 Å². The molecule has 2 aromatic carbocycles. The summed E-state index contributed by atoms with van der Waals surface area (Å²) in [4.78, 5) is 12.5. The minimum atomic E-state index is -3.98. The quantitative estimate of drug-likeness (QED) is 0.590. The number of ether oxygens (including phenoxy) is 2. The number of rotatable bonds is 10. The zero-order valence-corrected chi connectivity index (χ0v) is 16.7. The van der Waals surface area contributed by atoms with Gasteiger partial charge in [-0.15, -0.1) is 6.58 Å². The summed E-state index contributed by atoms with van der Waals surface area (Å²) < 4.78 is 38.5.